The Morgan fingerprint density at radius 2 is 2.21 bits per heavy atom. The van der Waals surface area contributed by atoms with Crippen molar-refractivity contribution >= 4 is 41.7 Å². The van der Waals surface area contributed by atoms with E-state index in [9.17, 15) is 0 Å². The Kier molecular flexibility index (Phi) is 10.4. The zero-order chi connectivity index (χ0) is 8.81. The minimum atomic E-state index is 0. The third-order valence-electron chi connectivity index (χ3n) is 1.31. The number of nitrogens with two attached hydrogens (primary N) is 1. The van der Waals surface area contributed by atoms with Crippen LogP contribution in [0.5, 0.6) is 0 Å². The second kappa shape index (κ2) is 9.12. The minimum absolute atomic E-state index is 0. The second-order valence-electron chi connectivity index (χ2n) is 2.17. The van der Waals surface area contributed by atoms with Crippen molar-refractivity contribution in [2.75, 3.05) is 7.05 Å². The summed E-state index contributed by atoms with van der Waals surface area (Å²) in [6, 6.07) is 5.82. The molecular weight excluding hydrogens is 241 g/mol. The van der Waals surface area contributed by atoms with E-state index in [1.807, 2.05) is 18.2 Å². The number of hydrogen-bond acceptors (Lipinski definition) is 3. The van der Waals surface area contributed by atoms with Crippen LogP contribution in [0.4, 0.5) is 0 Å². The third kappa shape index (κ3) is 6.07. The van der Waals surface area contributed by atoms with Gasteiger partial charge in [0.25, 0.3) is 0 Å². The molecule has 3 nitrogen and oxygen atoms in total. The number of aliphatic imine (C=N–C) groups is 1. The maximum atomic E-state index is 5.51. The average molecular weight is 254 g/mol. The second-order valence-corrected chi connectivity index (χ2v) is 3.17. The fourth-order valence-electron chi connectivity index (χ4n) is 0.696. The van der Waals surface area contributed by atoms with Gasteiger partial charge >= 0.3 is 0 Å². The Balaban J connectivity index is 0. The molecule has 0 amide bonds. The highest BCUT2D eigenvalue weighted by molar-refractivity contribution is 8.13. The summed E-state index contributed by atoms with van der Waals surface area (Å²) in [7, 11) is 1.68. The molecule has 0 aliphatic carbocycles. The molecule has 6 heteroatoms. The van der Waals surface area contributed by atoms with Crippen molar-refractivity contribution in [3.05, 3.63) is 30.1 Å². The summed E-state index contributed by atoms with van der Waals surface area (Å²) >= 11 is 1.49. The van der Waals surface area contributed by atoms with Gasteiger partial charge < -0.3 is 5.73 Å². The van der Waals surface area contributed by atoms with E-state index in [0.29, 0.717) is 5.17 Å². The highest BCUT2D eigenvalue weighted by Crippen LogP contribution is 2.08. The van der Waals surface area contributed by atoms with E-state index in [1.165, 1.54) is 11.8 Å². The van der Waals surface area contributed by atoms with Crippen LogP contribution in [0.3, 0.4) is 0 Å². The van der Waals surface area contributed by atoms with Gasteiger partial charge in [-0.15, -0.1) is 24.8 Å². The van der Waals surface area contributed by atoms with Crippen LogP contribution in [0.15, 0.2) is 29.4 Å². The summed E-state index contributed by atoms with van der Waals surface area (Å²) in [6.07, 6.45) is 1.77. The molecule has 0 radical (unpaired) electrons. The molecule has 2 N–H and O–H groups in total. The number of amidine groups is 1. The predicted molar refractivity (Wildman–Crippen MR) is 67.6 cm³/mol. The van der Waals surface area contributed by atoms with E-state index in [4.69, 9.17) is 5.73 Å². The van der Waals surface area contributed by atoms with Gasteiger partial charge in [0.15, 0.2) is 5.17 Å². The summed E-state index contributed by atoms with van der Waals surface area (Å²) in [4.78, 5) is 7.99. The van der Waals surface area contributed by atoms with Gasteiger partial charge in [-0.05, 0) is 12.1 Å². The number of nitrogens with zero attached hydrogens (tertiary/aromatic N) is 2. The van der Waals surface area contributed by atoms with Crippen molar-refractivity contribution in [1.82, 2.24) is 4.98 Å². The van der Waals surface area contributed by atoms with Crippen molar-refractivity contribution in [2.45, 2.75) is 5.75 Å². The summed E-state index contributed by atoms with van der Waals surface area (Å²) in [6.45, 7) is 0. The molecule has 0 atom stereocenters. The molecule has 0 unspecified atom stereocenters. The van der Waals surface area contributed by atoms with E-state index < -0.39 is 0 Å². The smallest absolute Gasteiger partial charge is 0.154 e. The molecule has 14 heavy (non-hydrogen) atoms. The first-order valence-corrected chi connectivity index (χ1v) is 4.56. The molecule has 0 saturated heterocycles. The van der Waals surface area contributed by atoms with E-state index in [2.05, 4.69) is 9.98 Å². The maximum absolute atomic E-state index is 5.51. The average Bonchev–Trinajstić information content (AvgIpc) is 2.16. The molecule has 0 spiro atoms. The van der Waals surface area contributed by atoms with Crippen LogP contribution in [0, 0.1) is 0 Å². The summed E-state index contributed by atoms with van der Waals surface area (Å²) < 4.78 is 0. The van der Waals surface area contributed by atoms with Crippen molar-refractivity contribution in [3.63, 3.8) is 0 Å². The van der Waals surface area contributed by atoms with Gasteiger partial charge in [-0.3, -0.25) is 9.98 Å². The van der Waals surface area contributed by atoms with Gasteiger partial charge in [0, 0.05) is 19.0 Å². The van der Waals surface area contributed by atoms with Crippen LogP contribution in [0.1, 0.15) is 5.69 Å². The Labute approximate surface area is 100 Å². The molecule has 0 aliphatic heterocycles. The van der Waals surface area contributed by atoms with E-state index in [-0.39, 0.29) is 24.8 Å². The van der Waals surface area contributed by atoms with Gasteiger partial charge in [-0.1, -0.05) is 17.8 Å². The number of pyridine rings is 1. The molecule has 80 valence electrons. The van der Waals surface area contributed by atoms with Gasteiger partial charge in [-0.25, -0.2) is 0 Å². The van der Waals surface area contributed by atoms with Crippen LogP contribution < -0.4 is 5.73 Å². The Morgan fingerprint density at radius 1 is 1.50 bits per heavy atom. The molecule has 0 saturated carbocycles. The molecule has 1 heterocycles. The first-order valence-electron chi connectivity index (χ1n) is 3.58. The lowest BCUT2D eigenvalue weighted by molar-refractivity contribution is 1.18. The van der Waals surface area contributed by atoms with Crippen LogP contribution in [0.25, 0.3) is 0 Å². The van der Waals surface area contributed by atoms with Crippen LogP contribution in [-0.2, 0) is 5.75 Å². The summed E-state index contributed by atoms with van der Waals surface area (Å²) in [5.41, 5.74) is 6.53. The molecule has 1 aromatic heterocycles. The van der Waals surface area contributed by atoms with E-state index >= 15 is 0 Å². The molecule has 1 rings (SSSR count). The van der Waals surface area contributed by atoms with Gasteiger partial charge in [0.2, 0.25) is 0 Å². The topological polar surface area (TPSA) is 51.3 Å². The molecule has 1 aromatic rings. The third-order valence-corrected chi connectivity index (χ3v) is 2.23. The van der Waals surface area contributed by atoms with Gasteiger partial charge in [-0.2, -0.15) is 0 Å². The Hall–Kier alpha value is -0.450. The van der Waals surface area contributed by atoms with Gasteiger partial charge in [0.05, 0.1) is 5.69 Å². The predicted octanol–water partition coefficient (Wildman–Crippen LogP) is 2.10. The standard InChI is InChI=1S/C8H11N3S.2ClH/c1-10-8(9)12-6-7-4-2-3-5-11-7;;/h2-5H,6H2,1H3,(H2,9,10);2*1H. The first kappa shape index (κ1) is 16.0. The summed E-state index contributed by atoms with van der Waals surface area (Å²) in [5.74, 6) is 0.782. The van der Waals surface area contributed by atoms with Crippen molar-refractivity contribution < 1.29 is 0 Å². The highest BCUT2D eigenvalue weighted by Gasteiger charge is 1.95. The molecule has 0 bridgehead atoms. The zero-order valence-corrected chi connectivity index (χ0v) is 10.2. The van der Waals surface area contributed by atoms with Crippen LogP contribution >= 0.6 is 36.6 Å². The zero-order valence-electron chi connectivity index (χ0n) is 7.71. The Morgan fingerprint density at radius 3 is 2.71 bits per heavy atom. The highest BCUT2D eigenvalue weighted by atomic mass is 35.5. The molecule has 0 aromatic carbocycles. The largest absolute Gasteiger partial charge is 0.379 e. The minimum Gasteiger partial charge on any atom is -0.379 e. The van der Waals surface area contributed by atoms with Crippen molar-refractivity contribution in [1.29, 1.82) is 0 Å². The SMILES string of the molecule is CN=C(N)SCc1ccccn1.Cl.Cl. The quantitative estimate of drug-likeness (QED) is 0.649. The number of hydrogen-bond donors (Lipinski definition) is 1. The maximum Gasteiger partial charge on any atom is 0.154 e. The normalized spacial score (nSPS) is 9.93. The fourth-order valence-corrected chi connectivity index (χ4v) is 1.29. The van der Waals surface area contributed by atoms with E-state index in [1.54, 1.807) is 13.2 Å². The monoisotopic (exact) mass is 253 g/mol. The lowest BCUT2D eigenvalue weighted by Crippen LogP contribution is -2.06. The van der Waals surface area contributed by atoms with Crippen molar-refractivity contribution in [2.24, 2.45) is 10.7 Å². The fraction of sp³-hybridized carbons (Fsp3) is 0.250. The number of halogens is 2. The molecule has 0 fully saturated rings. The van der Waals surface area contributed by atoms with Gasteiger partial charge in [0.1, 0.15) is 0 Å². The molecule has 0 aliphatic rings. The van der Waals surface area contributed by atoms with Crippen LogP contribution in [0.2, 0.25) is 0 Å². The lowest BCUT2D eigenvalue weighted by Gasteiger charge is -1.98. The van der Waals surface area contributed by atoms with E-state index in [0.717, 1.165) is 11.4 Å². The Bertz CT molecular complexity index is 267. The number of thioether (sulfide) groups is 1. The lowest BCUT2D eigenvalue weighted by atomic mass is 10.4. The first-order chi connectivity index (χ1) is 5.83. The van der Waals surface area contributed by atoms with Crippen molar-refractivity contribution in [3.8, 4) is 0 Å². The number of aromatic nitrogens is 1. The van der Waals surface area contributed by atoms with Crippen LogP contribution in [-0.4, -0.2) is 17.2 Å². The summed E-state index contributed by atoms with van der Waals surface area (Å²) in [5, 5.41) is 0.598. The number of rotatable bonds is 2. The molecular formula is C8H13Cl2N3S.